The summed E-state index contributed by atoms with van der Waals surface area (Å²) < 4.78 is 10.7. The van der Waals surface area contributed by atoms with Gasteiger partial charge in [-0.15, -0.1) is 0 Å². The molecule has 0 aliphatic heterocycles. The molecular formula is C39H54O5. The van der Waals surface area contributed by atoms with E-state index < -0.39 is 18.5 Å². The van der Waals surface area contributed by atoms with Crippen molar-refractivity contribution in [1.82, 2.24) is 0 Å². The van der Waals surface area contributed by atoms with E-state index in [2.05, 4.69) is 56.5 Å². The molecular weight excluding hydrogens is 548 g/mol. The van der Waals surface area contributed by atoms with Crippen LogP contribution in [0, 0.1) is 23.7 Å². The number of carbonyl (C=O) groups excluding carboxylic acids is 2. The van der Waals surface area contributed by atoms with Gasteiger partial charge in [-0.3, -0.25) is 0 Å². The summed E-state index contributed by atoms with van der Waals surface area (Å²) in [6.07, 6.45) is 17.4. The number of hydrogen-bond donors (Lipinski definition) is 1. The van der Waals surface area contributed by atoms with Crippen LogP contribution in [0.25, 0.3) is 10.8 Å². The van der Waals surface area contributed by atoms with E-state index >= 15 is 0 Å². The Labute approximate surface area is 265 Å². The molecule has 0 aromatic heterocycles. The highest BCUT2D eigenvalue weighted by Gasteiger charge is 2.31. The maximum Gasteiger partial charge on any atom is 0.335 e. The van der Waals surface area contributed by atoms with Crippen molar-refractivity contribution in [3.8, 4) is 0 Å². The van der Waals surface area contributed by atoms with E-state index in [0.717, 1.165) is 23.3 Å². The largest absolute Gasteiger partial charge is 0.462 e. The highest BCUT2D eigenvalue weighted by atomic mass is 16.5. The van der Waals surface area contributed by atoms with Crippen molar-refractivity contribution in [3.05, 3.63) is 71.8 Å². The van der Waals surface area contributed by atoms with Gasteiger partial charge in [-0.1, -0.05) is 95.0 Å². The maximum absolute atomic E-state index is 12.1. The lowest BCUT2D eigenvalue weighted by Crippen LogP contribution is -2.25. The summed E-state index contributed by atoms with van der Waals surface area (Å²) in [5, 5.41) is 11.6. The lowest BCUT2D eigenvalue weighted by Gasteiger charge is -2.38. The molecule has 0 saturated heterocycles. The minimum Gasteiger partial charge on any atom is -0.462 e. The predicted octanol–water partition coefficient (Wildman–Crippen LogP) is 8.87. The zero-order chi connectivity index (χ0) is 31.5. The molecule has 1 unspecified atom stereocenters. The monoisotopic (exact) mass is 602 g/mol. The number of aliphatic hydroxyl groups excluding tert-OH is 1. The van der Waals surface area contributed by atoms with E-state index in [1.54, 1.807) is 6.92 Å². The Bertz CT molecular complexity index is 1260. The second kappa shape index (κ2) is 17.0. The van der Waals surface area contributed by atoms with Gasteiger partial charge in [-0.05, 0) is 97.4 Å². The first-order chi connectivity index (χ1) is 21.3. The molecule has 0 bridgehead atoms. The zero-order valence-corrected chi connectivity index (χ0v) is 27.2. The molecule has 1 atom stereocenters. The van der Waals surface area contributed by atoms with Crippen molar-refractivity contribution >= 4 is 22.7 Å². The Morgan fingerprint density at radius 3 is 2.09 bits per heavy atom. The Hall–Kier alpha value is -2.92. The molecule has 5 heteroatoms. The summed E-state index contributed by atoms with van der Waals surface area (Å²) in [4.78, 5) is 24.1. The molecule has 0 radical (unpaired) electrons. The highest BCUT2D eigenvalue weighted by molar-refractivity contribution is 5.88. The minimum atomic E-state index is -0.644. The third kappa shape index (κ3) is 9.79. The number of esters is 2. The van der Waals surface area contributed by atoms with Crippen LogP contribution in [0.1, 0.15) is 108 Å². The number of unbranched alkanes of at least 4 members (excludes halogenated alkanes) is 2. The molecule has 2 aromatic rings. The molecule has 2 aliphatic rings. The molecule has 0 amide bonds. The molecule has 2 aliphatic carbocycles. The fraction of sp³-hybridized carbons (Fsp3) is 0.590. The van der Waals surface area contributed by atoms with Crippen LogP contribution in [-0.4, -0.2) is 36.9 Å². The van der Waals surface area contributed by atoms with E-state index in [-0.39, 0.29) is 24.7 Å². The smallest absolute Gasteiger partial charge is 0.335 e. The fourth-order valence-corrected chi connectivity index (χ4v) is 7.43. The standard InChI is InChI=1S/C39H54O5/c1-5-6-7-8-29-9-12-32(13-10-29)33-15-17-34(18-16-33)36-20-19-35-22-30(11-14-37(35)23-36)21-31(25-43-38(41)27(2)3)26-44-39(42)28(4)24-40/h11,14,19-20,22-23,29,31-34,40H,2,4-10,12-13,15-18,21,24-26H2,1,3H3. The first kappa shape index (κ1) is 34.0. The summed E-state index contributed by atoms with van der Waals surface area (Å²) >= 11 is 0. The van der Waals surface area contributed by atoms with Crippen LogP contribution in [0.2, 0.25) is 0 Å². The van der Waals surface area contributed by atoms with Gasteiger partial charge in [-0.2, -0.15) is 0 Å². The van der Waals surface area contributed by atoms with Crippen LogP contribution in [0.5, 0.6) is 0 Å². The maximum atomic E-state index is 12.1. The van der Waals surface area contributed by atoms with Gasteiger partial charge in [0.05, 0.1) is 25.4 Å². The van der Waals surface area contributed by atoms with Gasteiger partial charge < -0.3 is 14.6 Å². The quantitative estimate of drug-likeness (QED) is 0.125. The Morgan fingerprint density at radius 2 is 1.45 bits per heavy atom. The Balaban J connectivity index is 1.32. The molecule has 0 spiro atoms. The van der Waals surface area contributed by atoms with E-state index in [1.165, 1.54) is 93.4 Å². The normalized spacial score (nSPS) is 22.7. The molecule has 2 aromatic carbocycles. The molecule has 2 fully saturated rings. The van der Waals surface area contributed by atoms with Crippen molar-refractivity contribution in [2.45, 2.75) is 103 Å². The lowest BCUT2D eigenvalue weighted by molar-refractivity contribution is -0.144. The van der Waals surface area contributed by atoms with Gasteiger partial charge in [0.25, 0.3) is 0 Å². The number of fused-ring (bicyclic) bond motifs is 1. The number of carbonyl (C=O) groups is 2. The van der Waals surface area contributed by atoms with Crippen LogP contribution >= 0.6 is 0 Å². The topological polar surface area (TPSA) is 72.8 Å². The molecule has 4 rings (SSSR count). The summed E-state index contributed by atoms with van der Waals surface area (Å²) in [5.74, 6) is 2.17. The SMILES string of the molecule is C=C(C)C(=O)OCC(COC(=O)C(=C)CO)Cc1ccc2cc(C3CCC(C4CCC(CCCCC)CC4)CC3)ccc2c1. The summed E-state index contributed by atoms with van der Waals surface area (Å²) in [6.45, 7) is 10.8. The average molecular weight is 603 g/mol. The van der Waals surface area contributed by atoms with Crippen LogP contribution < -0.4 is 0 Å². The fourth-order valence-electron chi connectivity index (χ4n) is 7.43. The number of aliphatic hydroxyl groups is 1. The van der Waals surface area contributed by atoms with Gasteiger partial charge in [0.15, 0.2) is 0 Å². The molecule has 44 heavy (non-hydrogen) atoms. The highest BCUT2D eigenvalue weighted by Crippen LogP contribution is 2.45. The molecule has 5 nitrogen and oxygen atoms in total. The molecule has 0 heterocycles. The Kier molecular flexibility index (Phi) is 13.1. The van der Waals surface area contributed by atoms with Crippen LogP contribution in [0.15, 0.2) is 60.7 Å². The number of rotatable bonds is 15. The second-order valence-electron chi connectivity index (χ2n) is 13.6. The first-order valence-electron chi connectivity index (χ1n) is 17.1. The average Bonchev–Trinajstić information content (AvgIpc) is 3.05. The zero-order valence-electron chi connectivity index (χ0n) is 27.2. The van der Waals surface area contributed by atoms with Crippen LogP contribution in [0.3, 0.4) is 0 Å². The van der Waals surface area contributed by atoms with E-state index in [1.807, 2.05) is 0 Å². The summed E-state index contributed by atoms with van der Waals surface area (Å²) in [5.41, 5.74) is 2.87. The van der Waals surface area contributed by atoms with Crippen molar-refractivity contribution in [1.29, 1.82) is 0 Å². The third-order valence-corrected chi connectivity index (χ3v) is 10.2. The number of ether oxygens (including phenoxy) is 2. The van der Waals surface area contributed by atoms with Crippen molar-refractivity contribution in [2.75, 3.05) is 19.8 Å². The van der Waals surface area contributed by atoms with Gasteiger partial charge in [0.1, 0.15) is 0 Å². The van der Waals surface area contributed by atoms with E-state index in [0.29, 0.717) is 17.9 Å². The van der Waals surface area contributed by atoms with Crippen molar-refractivity contribution < 1.29 is 24.2 Å². The van der Waals surface area contributed by atoms with E-state index in [4.69, 9.17) is 14.6 Å². The molecule has 1 N–H and O–H groups in total. The Morgan fingerprint density at radius 1 is 0.841 bits per heavy atom. The number of hydrogen-bond acceptors (Lipinski definition) is 5. The van der Waals surface area contributed by atoms with Gasteiger partial charge in [-0.25, -0.2) is 9.59 Å². The van der Waals surface area contributed by atoms with Gasteiger partial charge in [0.2, 0.25) is 0 Å². The summed E-state index contributed by atoms with van der Waals surface area (Å²) in [7, 11) is 0. The van der Waals surface area contributed by atoms with Crippen LogP contribution in [-0.2, 0) is 25.5 Å². The summed E-state index contributed by atoms with van der Waals surface area (Å²) in [6, 6.07) is 13.4. The second-order valence-corrected chi connectivity index (χ2v) is 13.6. The lowest BCUT2D eigenvalue weighted by atomic mass is 9.68. The van der Waals surface area contributed by atoms with Gasteiger partial charge >= 0.3 is 11.9 Å². The molecule has 2 saturated carbocycles. The van der Waals surface area contributed by atoms with Crippen molar-refractivity contribution in [2.24, 2.45) is 23.7 Å². The van der Waals surface area contributed by atoms with Crippen molar-refractivity contribution in [3.63, 3.8) is 0 Å². The van der Waals surface area contributed by atoms with Gasteiger partial charge in [0, 0.05) is 11.5 Å². The first-order valence-corrected chi connectivity index (χ1v) is 17.1. The van der Waals surface area contributed by atoms with E-state index in [9.17, 15) is 9.59 Å². The number of benzene rings is 2. The van der Waals surface area contributed by atoms with Crippen LogP contribution in [0.4, 0.5) is 0 Å². The molecule has 240 valence electrons. The minimum absolute atomic E-state index is 0.00188. The third-order valence-electron chi connectivity index (χ3n) is 10.2. The predicted molar refractivity (Wildman–Crippen MR) is 178 cm³/mol.